The molecule has 1 N–H and O–H groups in total. The molecule has 1 aliphatic carbocycles. The molecule has 0 aliphatic heterocycles. The van der Waals surface area contributed by atoms with E-state index in [2.05, 4.69) is 4.74 Å². The molecular weight excluding hydrogens is 156 g/mol. The summed E-state index contributed by atoms with van der Waals surface area (Å²) in [4.78, 5) is 11.1. The summed E-state index contributed by atoms with van der Waals surface area (Å²) in [6.45, 7) is 0. The predicted octanol–water partition coefficient (Wildman–Crippen LogP) is 1.94. The predicted molar refractivity (Wildman–Crippen MR) is 44.8 cm³/mol. The summed E-state index contributed by atoms with van der Waals surface area (Å²) in [6.07, 6.45) is 4.27. The minimum Gasteiger partial charge on any atom is -0.512 e. The number of carbonyl (C=O) groups excluding carboxylic acids is 1. The van der Waals surface area contributed by atoms with Crippen molar-refractivity contribution in [2.75, 3.05) is 7.11 Å². The Balaban J connectivity index is 2.74. The molecule has 0 saturated carbocycles. The molecule has 0 aromatic carbocycles. The smallest absolute Gasteiger partial charge is 0.337 e. The van der Waals surface area contributed by atoms with E-state index < -0.39 is 0 Å². The van der Waals surface area contributed by atoms with Gasteiger partial charge in [-0.1, -0.05) is 6.42 Å². The SMILES string of the molecule is COC(=O)C1=C(O)CCCCC1. The third kappa shape index (κ3) is 2.00. The quantitative estimate of drug-likeness (QED) is 0.612. The lowest BCUT2D eigenvalue weighted by atomic mass is 10.1. The average molecular weight is 170 g/mol. The molecule has 0 aromatic heterocycles. The monoisotopic (exact) mass is 170 g/mol. The van der Waals surface area contributed by atoms with Crippen LogP contribution in [0.5, 0.6) is 0 Å². The van der Waals surface area contributed by atoms with Crippen LogP contribution in [0.2, 0.25) is 0 Å². The molecule has 0 atom stereocenters. The number of methoxy groups -OCH3 is 1. The van der Waals surface area contributed by atoms with Gasteiger partial charge in [-0.25, -0.2) is 4.79 Å². The number of hydrogen-bond donors (Lipinski definition) is 1. The molecule has 12 heavy (non-hydrogen) atoms. The first-order valence-electron chi connectivity index (χ1n) is 4.25. The lowest BCUT2D eigenvalue weighted by Crippen LogP contribution is -2.07. The van der Waals surface area contributed by atoms with Gasteiger partial charge in [0.05, 0.1) is 12.7 Å². The van der Waals surface area contributed by atoms with E-state index in [0.717, 1.165) is 19.3 Å². The third-order valence-corrected chi connectivity index (χ3v) is 2.12. The molecule has 1 aliphatic rings. The van der Waals surface area contributed by atoms with Gasteiger partial charge in [0.1, 0.15) is 5.76 Å². The third-order valence-electron chi connectivity index (χ3n) is 2.12. The van der Waals surface area contributed by atoms with Gasteiger partial charge >= 0.3 is 5.97 Å². The fraction of sp³-hybridized carbons (Fsp3) is 0.667. The summed E-state index contributed by atoms with van der Waals surface area (Å²) >= 11 is 0. The second-order valence-electron chi connectivity index (χ2n) is 2.98. The number of aliphatic hydroxyl groups excluding tert-OH is 1. The highest BCUT2D eigenvalue weighted by Gasteiger charge is 2.17. The van der Waals surface area contributed by atoms with E-state index in [4.69, 9.17) is 0 Å². The Bertz CT molecular complexity index is 206. The Morgan fingerprint density at radius 2 is 2.00 bits per heavy atom. The fourth-order valence-electron chi connectivity index (χ4n) is 1.41. The first kappa shape index (κ1) is 9.10. The van der Waals surface area contributed by atoms with Crippen LogP contribution < -0.4 is 0 Å². The van der Waals surface area contributed by atoms with Crippen molar-refractivity contribution in [3.63, 3.8) is 0 Å². The van der Waals surface area contributed by atoms with Gasteiger partial charge in [-0.2, -0.15) is 0 Å². The van der Waals surface area contributed by atoms with Gasteiger partial charge in [-0.3, -0.25) is 0 Å². The zero-order chi connectivity index (χ0) is 8.97. The van der Waals surface area contributed by atoms with E-state index in [0.29, 0.717) is 18.4 Å². The molecule has 0 fully saturated rings. The van der Waals surface area contributed by atoms with Crippen molar-refractivity contribution in [2.24, 2.45) is 0 Å². The average Bonchev–Trinajstić information content (AvgIpc) is 2.28. The Kier molecular flexibility index (Phi) is 3.14. The van der Waals surface area contributed by atoms with E-state index in [-0.39, 0.29) is 11.7 Å². The van der Waals surface area contributed by atoms with Crippen LogP contribution in [-0.4, -0.2) is 18.2 Å². The second-order valence-corrected chi connectivity index (χ2v) is 2.98. The summed E-state index contributed by atoms with van der Waals surface area (Å²) in [7, 11) is 1.34. The van der Waals surface area contributed by atoms with Crippen molar-refractivity contribution in [3.8, 4) is 0 Å². The number of ether oxygens (including phenoxy) is 1. The molecule has 0 aromatic rings. The summed E-state index contributed by atoms with van der Waals surface area (Å²) in [6, 6.07) is 0. The van der Waals surface area contributed by atoms with Crippen molar-refractivity contribution in [1.29, 1.82) is 0 Å². The fourth-order valence-corrected chi connectivity index (χ4v) is 1.41. The highest BCUT2D eigenvalue weighted by atomic mass is 16.5. The van der Waals surface area contributed by atoms with Crippen LogP contribution in [0, 0.1) is 0 Å². The van der Waals surface area contributed by atoms with Gasteiger partial charge in [0.25, 0.3) is 0 Å². The molecule has 0 heterocycles. The molecule has 68 valence electrons. The molecule has 3 nitrogen and oxygen atoms in total. The molecule has 0 amide bonds. The lowest BCUT2D eigenvalue weighted by Gasteiger charge is -2.04. The van der Waals surface area contributed by atoms with Gasteiger partial charge in [0, 0.05) is 6.42 Å². The minimum atomic E-state index is -0.380. The number of allylic oxidation sites excluding steroid dienone is 1. The largest absolute Gasteiger partial charge is 0.512 e. The highest BCUT2D eigenvalue weighted by Crippen LogP contribution is 2.22. The Hall–Kier alpha value is -0.990. The summed E-state index contributed by atoms with van der Waals surface area (Å²) < 4.78 is 4.56. The Morgan fingerprint density at radius 3 is 2.67 bits per heavy atom. The molecular formula is C9H14O3. The minimum absolute atomic E-state index is 0.222. The lowest BCUT2D eigenvalue weighted by molar-refractivity contribution is -0.136. The van der Waals surface area contributed by atoms with Crippen LogP contribution in [0.15, 0.2) is 11.3 Å². The number of carbonyl (C=O) groups is 1. The number of aliphatic hydroxyl groups is 1. The van der Waals surface area contributed by atoms with E-state index in [1.165, 1.54) is 7.11 Å². The van der Waals surface area contributed by atoms with Crippen LogP contribution in [0.4, 0.5) is 0 Å². The molecule has 0 saturated heterocycles. The van der Waals surface area contributed by atoms with Crippen LogP contribution in [0.1, 0.15) is 32.1 Å². The first-order chi connectivity index (χ1) is 5.75. The maximum atomic E-state index is 11.1. The Labute approximate surface area is 72.0 Å². The van der Waals surface area contributed by atoms with Crippen LogP contribution in [0.25, 0.3) is 0 Å². The summed E-state index contributed by atoms with van der Waals surface area (Å²) in [5, 5.41) is 9.43. The van der Waals surface area contributed by atoms with Crippen molar-refractivity contribution in [2.45, 2.75) is 32.1 Å². The maximum absolute atomic E-state index is 11.1. The maximum Gasteiger partial charge on any atom is 0.337 e. The molecule has 0 radical (unpaired) electrons. The Morgan fingerprint density at radius 1 is 1.33 bits per heavy atom. The van der Waals surface area contributed by atoms with Crippen LogP contribution in [0.3, 0.4) is 0 Å². The van der Waals surface area contributed by atoms with E-state index in [1.807, 2.05) is 0 Å². The number of esters is 1. The number of hydrogen-bond acceptors (Lipinski definition) is 3. The van der Waals surface area contributed by atoms with Crippen LogP contribution in [-0.2, 0) is 9.53 Å². The normalized spacial score (nSPS) is 18.8. The standard InChI is InChI=1S/C9H14O3/c1-12-9(11)7-5-3-2-4-6-8(7)10/h10H,2-6H2,1H3. The van der Waals surface area contributed by atoms with Crippen LogP contribution >= 0.6 is 0 Å². The molecule has 3 heteroatoms. The summed E-state index contributed by atoms with van der Waals surface area (Å²) in [5.74, 6) is -0.159. The molecule has 0 bridgehead atoms. The van der Waals surface area contributed by atoms with Crippen molar-refractivity contribution < 1.29 is 14.6 Å². The molecule has 0 spiro atoms. The van der Waals surface area contributed by atoms with Gasteiger partial charge < -0.3 is 9.84 Å². The molecule has 0 unspecified atom stereocenters. The van der Waals surface area contributed by atoms with Gasteiger partial charge in [0.15, 0.2) is 0 Å². The topological polar surface area (TPSA) is 46.5 Å². The van der Waals surface area contributed by atoms with Gasteiger partial charge in [-0.15, -0.1) is 0 Å². The van der Waals surface area contributed by atoms with E-state index >= 15 is 0 Å². The van der Waals surface area contributed by atoms with E-state index in [9.17, 15) is 9.90 Å². The first-order valence-corrected chi connectivity index (χ1v) is 4.25. The van der Waals surface area contributed by atoms with Crippen molar-refractivity contribution in [3.05, 3.63) is 11.3 Å². The van der Waals surface area contributed by atoms with Gasteiger partial charge in [-0.05, 0) is 19.3 Å². The van der Waals surface area contributed by atoms with Crippen molar-refractivity contribution in [1.82, 2.24) is 0 Å². The van der Waals surface area contributed by atoms with Crippen molar-refractivity contribution >= 4 is 5.97 Å². The summed E-state index contributed by atoms with van der Waals surface area (Å²) in [5.41, 5.74) is 0.468. The zero-order valence-corrected chi connectivity index (χ0v) is 7.30. The van der Waals surface area contributed by atoms with E-state index in [1.54, 1.807) is 0 Å². The zero-order valence-electron chi connectivity index (χ0n) is 7.30. The molecule has 1 rings (SSSR count). The highest BCUT2D eigenvalue weighted by molar-refractivity contribution is 5.88. The number of rotatable bonds is 1. The second kappa shape index (κ2) is 4.14. The van der Waals surface area contributed by atoms with Gasteiger partial charge in [0.2, 0.25) is 0 Å².